The third kappa shape index (κ3) is 3.52. The fourth-order valence-electron chi connectivity index (χ4n) is 1.70. The van der Waals surface area contributed by atoms with Gasteiger partial charge < -0.3 is 10.4 Å². The first kappa shape index (κ1) is 14.9. The van der Waals surface area contributed by atoms with Crippen molar-refractivity contribution in [1.29, 1.82) is 0 Å². The maximum absolute atomic E-state index is 13.4. The summed E-state index contributed by atoms with van der Waals surface area (Å²) in [4.78, 5) is 0. The van der Waals surface area contributed by atoms with Crippen molar-refractivity contribution in [2.24, 2.45) is 0 Å². The van der Waals surface area contributed by atoms with Crippen LogP contribution < -0.4 is 5.32 Å². The van der Waals surface area contributed by atoms with Crippen LogP contribution in [0.25, 0.3) is 0 Å². The third-order valence-electron chi connectivity index (χ3n) is 2.74. The number of halogens is 4. The number of nitrogens with one attached hydrogen (secondary N) is 1. The van der Waals surface area contributed by atoms with Crippen molar-refractivity contribution in [1.82, 2.24) is 0 Å². The highest BCUT2D eigenvalue weighted by molar-refractivity contribution is 9.10. The second kappa shape index (κ2) is 6.28. The molecule has 2 aromatic carbocycles. The average Bonchev–Trinajstić information content (AvgIpc) is 2.40. The molecule has 0 bridgehead atoms. The molecule has 2 aromatic rings. The molecule has 0 amide bonds. The molecule has 6 heteroatoms. The number of rotatable bonds is 4. The molecule has 0 saturated carbocycles. The van der Waals surface area contributed by atoms with Gasteiger partial charge in [0.15, 0.2) is 0 Å². The molecule has 1 unspecified atom stereocenters. The lowest BCUT2D eigenvalue weighted by atomic mass is 10.1. The van der Waals surface area contributed by atoms with Crippen molar-refractivity contribution in [3.63, 3.8) is 0 Å². The lowest BCUT2D eigenvalue weighted by Gasteiger charge is -2.14. The van der Waals surface area contributed by atoms with Gasteiger partial charge in [-0.3, -0.25) is 0 Å². The highest BCUT2D eigenvalue weighted by Gasteiger charge is 2.13. The van der Waals surface area contributed by atoms with E-state index in [1.807, 2.05) is 0 Å². The predicted octanol–water partition coefficient (Wildman–Crippen LogP) is 4.01. The zero-order valence-corrected chi connectivity index (χ0v) is 11.8. The van der Waals surface area contributed by atoms with Crippen molar-refractivity contribution >= 4 is 21.6 Å². The van der Waals surface area contributed by atoms with Crippen LogP contribution in [0.2, 0.25) is 0 Å². The minimum atomic E-state index is -1.16. The van der Waals surface area contributed by atoms with Crippen LogP contribution in [0.15, 0.2) is 40.9 Å². The SMILES string of the molecule is OC(CNc1ccc(Br)c(F)c1)c1ccc(F)cc1F. The van der Waals surface area contributed by atoms with Gasteiger partial charge in [0.2, 0.25) is 0 Å². The van der Waals surface area contributed by atoms with Crippen molar-refractivity contribution in [3.8, 4) is 0 Å². The van der Waals surface area contributed by atoms with E-state index < -0.39 is 23.6 Å². The van der Waals surface area contributed by atoms with E-state index in [-0.39, 0.29) is 12.1 Å². The molecule has 1 atom stereocenters. The largest absolute Gasteiger partial charge is 0.386 e. The Morgan fingerprint density at radius 3 is 2.45 bits per heavy atom. The first-order chi connectivity index (χ1) is 9.47. The van der Waals surface area contributed by atoms with E-state index in [0.29, 0.717) is 16.2 Å². The molecular weight excluding hydrogens is 335 g/mol. The van der Waals surface area contributed by atoms with Gasteiger partial charge in [-0.2, -0.15) is 0 Å². The number of aliphatic hydroxyl groups is 1. The highest BCUT2D eigenvalue weighted by Crippen LogP contribution is 2.22. The Balaban J connectivity index is 2.04. The van der Waals surface area contributed by atoms with Gasteiger partial charge in [-0.25, -0.2) is 13.2 Å². The summed E-state index contributed by atoms with van der Waals surface area (Å²) in [6, 6.07) is 7.33. The quantitative estimate of drug-likeness (QED) is 0.877. The van der Waals surface area contributed by atoms with Crippen LogP contribution >= 0.6 is 15.9 Å². The zero-order valence-electron chi connectivity index (χ0n) is 10.2. The van der Waals surface area contributed by atoms with Gasteiger partial charge in [0.1, 0.15) is 17.5 Å². The van der Waals surface area contributed by atoms with E-state index in [4.69, 9.17) is 0 Å². The van der Waals surface area contributed by atoms with Crippen LogP contribution in [0, 0.1) is 17.5 Å². The summed E-state index contributed by atoms with van der Waals surface area (Å²) >= 11 is 3.03. The van der Waals surface area contributed by atoms with E-state index in [1.54, 1.807) is 6.07 Å². The first-order valence-corrected chi connectivity index (χ1v) is 6.58. The normalized spacial score (nSPS) is 12.2. The summed E-state index contributed by atoms with van der Waals surface area (Å²) in [6.07, 6.45) is -1.16. The Kier molecular flexibility index (Phi) is 4.67. The fourth-order valence-corrected chi connectivity index (χ4v) is 1.95. The van der Waals surface area contributed by atoms with E-state index >= 15 is 0 Å². The van der Waals surface area contributed by atoms with Crippen LogP contribution in [0.5, 0.6) is 0 Å². The molecule has 0 aliphatic carbocycles. The van der Waals surface area contributed by atoms with Crippen molar-refractivity contribution < 1.29 is 18.3 Å². The molecule has 0 spiro atoms. The summed E-state index contributed by atoms with van der Waals surface area (Å²) in [5.74, 6) is -1.97. The zero-order chi connectivity index (χ0) is 14.7. The van der Waals surface area contributed by atoms with E-state index in [1.165, 1.54) is 18.2 Å². The predicted molar refractivity (Wildman–Crippen MR) is 73.9 cm³/mol. The Labute approximate surface area is 122 Å². The molecule has 2 N–H and O–H groups in total. The maximum atomic E-state index is 13.4. The van der Waals surface area contributed by atoms with Crippen molar-refractivity contribution in [2.75, 3.05) is 11.9 Å². The molecule has 0 aliphatic rings. The van der Waals surface area contributed by atoms with Crippen molar-refractivity contribution in [3.05, 3.63) is 63.9 Å². The number of hydrogen-bond acceptors (Lipinski definition) is 2. The Morgan fingerprint density at radius 1 is 1.05 bits per heavy atom. The summed E-state index contributed by atoms with van der Waals surface area (Å²) in [6.45, 7) is -0.0242. The molecule has 0 aliphatic heterocycles. The summed E-state index contributed by atoms with van der Waals surface area (Å²) in [7, 11) is 0. The Bertz CT molecular complexity index is 621. The Morgan fingerprint density at radius 2 is 1.80 bits per heavy atom. The number of anilines is 1. The van der Waals surface area contributed by atoms with Gasteiger partial charge in [0.05, 0.1) is 10.6 Å². The van der Waals surface area contributed by atoms with E-state index in [0.717, 1.165) is 6.07 Å². The monoisotopic (exact) mass is 345 g/mol. The summed E-state index contributed by atoms with van der Waals surface area (Å²) in [5.41, 5.74) is 0.434. The molecule has 20 heavy (non-hydrogen) atoms. The molecule has 2 nitrogen and oxygen atoms in total. The second-order valence-electron chi connectivity index (χ2n) is 4.19. The minimum absolute atomic E-state index is 0.0171. The van der Waals surface area contributed by atoms with Crippen LogP contribution in [0.3, 0.4) is 0 Å². The van der Waals surface area contributed by atoms with Gasteiger partial charge in [-0.1, -0.05) is 6.07 Å². The lowest BCUT2D eigenvalue weighted by Crippen LogP contribution is -2.13. The van der Waals surface area contributed by atoms with E-state index in [9.17, 15) is 18.3 Å². The van der Waals surface area contributed by atoms with Gasteiger partial charge in [0.25, 0.3) is 0 Å². The smallest absolute Gasteiger partial charge is 0.139 e. The second-order valence-corrected chi connectivity index (χ2v) is 5.05. The number of aliphatic hydroxyl groups excluding tert-OH is 1. The molecule has 0 radical (unpaired) electrons. The number of hydrogen-bond donors (Lipinski definition) is 2. The third-order valence-corrected chi connectivity index (χ3v) is 3.38. The minimum Gasteiger partial charge on any atom is -0.386 e. The van der Waals surface area contributed by atoms with Crippen LogP contribution in [0.4, 0.5) is 18.9 Å². The molecule has 0 saturated heterocycles. The first-order valence-electron chi connectivity index (χ1n) is 5.79. The maximum Gasteiger partial charge on any atom is 0.139 e. The molecule has 0 heterocycles. The number of benzene rings is 2. The van der Waals surface area contributed by atoms with Gasteiger partial charge in [-0.15, -0.1) is 0 Å². The molecule has 2 rings (SSSR count). The average molecular weight is 346 g/mol. The Hall–Kier alpha value is -1.53. The lowest BCUT2D eigenvalue weighted by molar-refractivity contribution is 0.186. The van der Waals surface area contributed by atoms with Gasteiger partial charge in [0, 0.05) is 23.9 Å². The highest BCUT2D eigenvalue weighted by atomic mass is 79.9. The molecule has 106 valence electrons. The van der Waals surface area contributed by atoms with Gasteiger partial charge in [-0.05, 0) is 40.2 Å². The van der Waals surface area contributed by atoms with E-state index in [2.05, 4.69) is 21.2 Å². The summed E-state index contributed by atoms with van der Waals surface area (Å²) < 4.78 is 39.8. The molecule has 0 fully saturated rings. The van der Waals surface area contributed by atoms with Crippen LogP contribution in [-0.2, 0) is 0 Å². The van der Waals surface area contributed by atoms with Crippen LogP contribution in [0.1, 0.15) is 11.7 Å². The topological polar surface area (TPSA) is 32.3 Å². The fraction of sp³-hybridized carbons (Fsp3) is 0.143. The summed E-state index contributed by atoms with van der Waals surface area (Å²) in [5, 5.41) is 12.6. The van der Waals surface area contributed by atoms with Crippen molar-refractivity contribution in [2.45, 2.75) is 6.10 Å². The standard InChI is InChI=1S/C14H11BrF3NO/c15-11-4-2-9(6-13(11)18)19-7-14(20)10-3-1-8(16)5-12(10)17/h1-6,14,19-20H,7H2. The van der Waals surface area contributed by atoms with Crippen LogP contribution in [-0.4, -0.2) is 11.7 Å². The molecule has 0 aromatic heterocycles. The molecular formula is C14H11BrF3NO. The van der Waals surface area contributed by atoms with Gasteiger partial charge >= 0.3 is 0 Å².